The summed E-state index contributed by atoms with van der Waals surface area (Å²) in [5.74, 6) is 0.158. The Labute approximate surface area is 208 Å². The van der Waals surface area contributed by atoms with E-state index in [1.54, 1.807) is 24.3 Å². The fourth-order valence-electron chi connectivity index (χ4n) is 3.45. The van der Waals surface area contributed by atoms with Gasteiger partial charge in [0.25, 0.3) is 0 Å². The van der Waals surface area contributed by atoms with E-state index in [4.69, 9.17) is 23.7 Å². The number of ketones is 1. The van der Waals surface area contributed by atoms with Gasteiger partial charge in [0.15, 0.2) is 28.8 Å². The van der Waals surface area contributed by atoms with E-state index in [0.29, 0.717) is 45.4 Å². The van der Waals surface area contributed by atoms with Crippen LogP contribution in [-0.2, 0) is 4.79 Å². The van der Waals surface area contributed by atoms with Gasteiger partial charge in [-0.1, -0.05) is 6.07 Å². The lowest BCUT2D eigenvalue weighted by molar-refractivity contribution is -0.111. The first kappa shape index (κ1) is 26.1. The second kappa shape index (κ2) is 11.7. The molecule has 0 spiro atoms. The minimum Gasteiger partial charge on any atom is -0.495 e. The molecule has 8 nitrogen and oxygen atoms in total. The maximum absolute atomic E-state index is 13.6. The fourth-order valence-corrected chi connectivity index (χ4v) is 3.45. The highest BCUT2D eigenvalue weighted by molar-refractivity contribution is 6.11. The Kier molecular flexibility index (Phi) is 8.51. The van der Waals surface area contributed by atoms with E-state index in [9.17, 15) is 14.0 Å². The van der Waals surface area contributed by atoms with E-state index in [1.807, 2.05) is 0 Å². The SMILES string of the molecule is COc1cc(/C=C/C(=O)Nc2cc(C(=O)c3cc(OC)c(OC)c(OC)c3)ccc2OC)ccc1F. The van der Waals surface area contributed by atoms with Crippen LogP contribution in [0.15, 0.2) is 54.6 Å². The molecule has 3 aromatic rings. The number of anilines is 1. The van der Waals surface area contributed by atoms with E-state index in [-0.39, 0.29) is 11.5 Å². The first-order chi connectivity index (χ1) is 17.3. The van der Waals surface area contributed by atoms with Crippen molar-refractivity contribution in [1.82, 2.24) is 0 Å². The minimum absolute atomic E-state index is 0.0669. The molecule has 0 radical (unpaired) electrons. The van der Waals surface area contributed by atoms with Gasteiger partial charge in [-0.25, -0.2) is 4.39 Å². The zero-order chi connectivity index (χ0) is 26.2. The minimum atomic E-state index is -0.502. The molecule has 3 aromatic carbocycles. The first-order valence-electron chi connectivity index (χ1n) is 10.7. The maximum atomic E-state index is 13.6. The Balaban J connectivity index is 1.87. The van der Waals surface area contributed by atoms with Crippen LogP contribution in [0, 0.1) is 5.82 Å². The van der Waals surface area contributed by atoms with Crippen LogP contribution in [0.25, 0.3) is 6.08 Å². The van der Waals surface area contributed by atoms with Crippen LogP contribution in [-0.4, -0.2) is 47.2 Å². The van der Waals surface area contributed by atoms with Gasteiger partial charge in [-0.2, -0.15) is 0 Å². The Morgan fingerprint density at radius 3 is 1.94 bits per heavy atom. The number of halogens is 1. The molecule has 0 aromatic heterocycles. The van der Waals surface area contributed by atoms with Crippen molar-refractivity contribution in [3.63, 3.8) is 0 Å². The third-order valence-electron chi connectivity index (χ3n) is 5.25. The third kappa shape index (κ3) is 5.75. The number of rotatable bonds is 10. The Hall–Kier alpha value is -4.53. The molecule has 1 amide bonds. The normalized spacial score (nSPS) is 10.6. The van der Waals surface area contributed by atoms with Crippen LogP contribution in [0.5, 0.6) is 28.7 Å². The Bertz CT molecular complexity index is 1280. The molecule has 1 N–H and O–H groups in total. The predicted molar refractivity (Wildman–Crippen MR) is 133 cm³/mol. The van der Waals surface area contributed by atoms with Gasteiger partial charge in [-0.15, -0.1) is 0 Å². The van der Waals surface area contributed by atoms with Crippen molar-refractivity contribution in [3.8, 4) is 28.7 Å². The molecule has 9 heteroatoms. The molecule has 0 fully saturated rings. The number of hydrogen-bond acceptors (Lipinski definition) is 7. The quantitative estimate of drug-likeness (QED) is 0.321. The number of ether oxygens (including phenoxy) is 5. The summed E-state index contributed by atoms with van der Waals surface area (Å²) in [6, 6.07) is 12.0. The van der Waals surface area contributed by atoms with Crippen molar-refractivity contribution >= 4 is 23.5 Å². The van der Waals surface area contributed by atoms with Crippen molar-refractivity contribution in [3.05, 3.63) is 77.1 Å². The van der Waals surface area contributed by atoms with Crippen LogP contribution in [0.2, 0.25) is 0 Å². The van der Waals surface area contributed by atoms with Gasteiger partial charge in [-0.3, -0.25) is 9.59 Å². The summed E-state index contributed by atoms with van der Waals surface area (Å²) >= 11 is 0. The van der Waals surface area contributed by atoms with Crippen LogP contribution in [0.1, 0.15) is 21.5 Å². The number of hydrogen-bond donors (Lipinski definition) is 1. The monoisotopic (exact) mass is 495 g/mol. The third-order valence-corrected chi connectivity index (χ3v) is 5.25. The van der Waals surface area contributed by atoms with Gasteiger partial charge in [0, 0.05) is 17.2 Å². The number of benzene rings is 3. The summed E-state index contributed by atoms with van der Waals surface area (Å²) in [5, 5.41) is 2.70. The number of carbonyl (C=O) groups excluding carboxylic acids is 2. The molecule has 0 saturated carbocycles. The molecular formula is C27H26FNO7. The summed E-state index contributed by atoms with van der Waals surface area (Å²) < 4.78 is 39.9. The van der Waals surface area contributed by atoms with Crippen LogP contribution >= 0.6 is 0 Å². The molecule has 3 rings (SSSR count). The second-order valence-electron chi connectivity index (χ2n) is 7.37. The van der Waals surface area contributed by atoms with Crippen LogP contribution in [0.3, 0.4) is 0 Å². The second-order valence-corrected chi connectivity index (χ2v) is 7.37. The van der Waals surface area contributed by atoms with Crippen molar-refractivity contribution in [1.29, 1.82) is 0 Å². The molecule has 0 heterocycles. The molecule has 0 atom stereocenters. The molecule has 0 unspecified atom stereocenters. The lowest BCUT2D eigenvalue weighted by Gasteiger charge is -2.14. The lowest BCUT2D eigenvalue weighted by Crippen LogP contribution is -2.11. The van der Waals surface area contributed by atoms with Gasteiger partial charge in [0.2, 0.25) is 11.7 Å². The number of nitrogens with one attached hydrogen (secondary N) is 1. The van der Waals surface area contributed by atoms with Crippen LogP contribution < -0.4 is 29.0 Å². The molecule has 36 heavy (non-hydrogen) atoms. The molecule has 0 aliphatic carbocycles. The average Bonchev–Trinajstić information content (AvgIpc) is 2.91. The molecule has 188 valence electrons. The maximum Gasteiger partial charge on any atom is 0.248 e. The number of methoxy groups -OCH3 is 5. The van der Waals surface area contributed by atoms with E-state index in [2.05, 4.69) is 5.32 Å². The van der Waals surface area contributed by atoms with Crippen molar-refractivity contribution in [2.45, 2.75) is 0 Å². The highest BCUT2D eigenvalue weighted by Gasteiger charge is 2.19. The zero-order valence-corrected chi connectivity index (χ0v) is 20.5. The zero-order valence-electron chi connectivity index (χ0n) is 20.5. The number of carbonyl (C=O) groups is 2. The van der Waals surface area contributed by atoms with E-state index in [1.165, 1.54) is 72.0 Å². The molecular weight excluding hydrogens is 469 g/mol. The Morgan fingerprint density at radius 1 is 0.722 bits per heavy atom. The molecule has 0 aliphatic heterocycles. The molecule has 0 aliphatic rings. The summed E-state index contributed by atoms with van der Waals surface area (Å²) in [7, 11) is 7.20. The summed E-state index contributed by atoms with van der Waals surface area (Å²) in [6.45, 7) is 0. The summed E-state index contributed by atoms with van der Waals surface area (Å²) in [4.78, 5) is 25.8. The number of amides is 1. The first-order valence-corrected chi connectivity index (χ1v) is 10.7. The van der Waals surface area contributed by atoms with Crippen LogP contribution in [0.4, 0.5) is 10.1 Å². The van der Waals surface area contributed by atoms with E-state index >= 15 is 0 Å². The van der Waals surface area contributed by atoms with Gasteiger partial charge >= 0.3 is 0 Å². The van der Waals surface area contributed by atoms with Gasteiger partial charge in [0.1, 0.15) is 5.75 Å². The van der Waals surface area contributed by atoms with Gasteiger partial charge in [-0.05, 0) is 54.1 Å². The fraction of sp³-hybridized carbons (Fsp3) is 0.185. The van der Waals surface area contributed by atoms with Crippen molar-refractivity contribution in [2.75, 3.05) is 40.9 Å². The topological polar surface area (TPSA) is 92.3 Å². The lowest BCUT2D eigenvalue weighted by atomic mass is 10.0. The molecule has 0 saturated heterocycles. The van der Waals surface area contributed by atoms with Crippen molar-refractivity contribution in [2.24, 2.45) is 0 Å². The summed E-state index contributed by atoms with van der Waals surface area (Å²) in [5.41, 5.74) is 1.47. The van der Waals surface area contributed by atoms with Gasteiger partial charge < -0.3 is 29.0 Å². The predicted octanol–water partition coefficient (Wildman–Crippen LogP) is 4.75. The van der Waals surface area contributed by atoms with Gasteiger partial charge in [0.05, 0.1) is 41.2 Å². The summed E-state index contributed by atoms with van der Waals surface area (Å²) in [6.07, 6.45) is 2.79. The molecule has 0 bridgehead atoms. The average molecular weight is 496 g/mol. The highest BCUT2D eigenvalue weighted by Crippen LogP contribution is 2.39. The standard InChI is InChI=1S/C27H26FNO7/c1-32-21-10-8-17(26(31)18-14-23(34-3)27(36-5)24(15-18)35-4)13-20(21)29-25(30)11-7-16-6-9-19(28)22(12-16)33-2/h6-15H,1-5H3,(H,29,30)/b11-7+. The largest absolute Gasteiger partial charge is 0.495 e. The van der Waals surface area contributed by atoms with Crippen molar-refractivity contribution < 1.29 is 37.7 Å². The Morgan fingerprint density at radius 2 is 1.36 bits per heavy atom. The highest BCUT2D eigenvalue weighted by atomic mass is 19.1. The van der Waals surface area contributed by atoms with E-state index in [0.717, 1.165) is 0 Å². The van der Waals surface area contributed by atoms with E-state index < -0.39 is 11.7 Å². The smallest absolute Gasteiger partial charge is 0.248 e.